The molecule has 1 aliphatic rings. The Kier molecular flexibility index (Phi) is 4.58. The minimum Gasteiger partial charge on any atom is -0.355 e. The Labute approximate surface area is 159 Å². The Morgan fingerprint density at radius 3 is 2.63 bits per heavy atom. The zero-order valence-corrected chi connectivity index (χ0v) is 16.0. The molecule has 142 valence electrons. The zero-order chi connectivity index (χ0) is 19.2. The Morgan fingerprint density at radius 2 is 1.93 bits per heavy atom. The molecule has 0 unspecified atom stereocenters. The molecule has 3 aromatic rings. The molecule has 2 aromatic heterocycles. The predicted molar refractivity (Wildman–Crippen MR) is 102 cm³/mol. The molecule has 0 saturated carbocycles. The second kappa shape index (κ2) is 6.78. The predicted octanol–water partition coefficient (Wildman–Crippen LogP) is 5.47. The van der Waals surface area contributed by atoms with Crippen LogP contribution in [0.2, 0.25) is 0 Å². The van der Waals surface area contributed by atoms with Gasteiger partial charge in [-0.15, -0.1) is 11.3 Å². The first-order chi connectivity index (χ1) is 12.8. The molecule has 0 bridgehead atoms. The van der Waals surface area contributed by atoms with E-state index in [9.17, 15) is 13.2 Å². The van der Waals surface area contributed by atoms with Gasteiger partial charge in [-0.2, -0.15) is 13.2 Å². The van der Waals surface area contributed by atoms with E-state index in [-0.39, 0.29) is 0 Å². The molecule has 0 aliphatic heterocycles. The van der Waals surface area contributed by atoms with Crippen LogP contribution in [0.25, 0.3) is 10.2 Å². The van der Waals surface area contributed by atoms with Crippen LogP contribution in [0.5, 0.6) is 0 Å². The molecule has 0 radical (unpaired) electrons. The highest BCUT2D eigenvalue weighted by molar-refractivity contribution is 7.19. The number of hydrogen-bond acceptors (Lipinski definition) is 4. The lowest BCUT2D eigenvalue weighted by Gasteiger charge is -2.22. The van der Waals surface area contributed by atoms with Gasteiger partial charge in [0.1, 0.15) is 17.0 Å². The van der Waals surface area contributed by atoms with Crippen LogP contribution in [0.1, 0.15) is 34.9 Å². The number of aryl methyl sites for hydroxylation is 1. The first-order valence-electron chi connectivity index (χ1n) is 8.95. The van der Waals surface area contributed by atoms with Gasteiger partial charge in [0.15, 0.2) is 0 Å². The van der Waals surface area contributed by atoms with E-state index in [0.29, 0.717) is 12.5 Å². The maximum Gasteiger partial charge on any atom is 0.416 e. The number of alkyl halides is 3. The van der Waals surface area contributed by atoms with Crippen LogP contribution in [0.15, 0.2) is 30.6 Å². The van der Waals surface area contributed by atoms with E-state index in [0.717, 1.165) is 53.0 Å². The summed E-state index contributed by atoms with van der Waals surface area (Å²) in [5.41, 5.74) is 1.54. The average Bonchev–Trinajstić information content (AvgIpc) is 2.98. The topological polar surface area (TPSA) is 29.0 Å². The molecule has 0 fully saturated rings. The van der Waals surface area contributed by atoms with Gasteiger partial charge < -0.3 is 4.90 Å². The Balaban J connectivity index is 1.64. The van der Waals surface area contributed by atoms with Gasteiger partial charge in [0.2, 0.25) is 0 Å². The van der Waals surface area contributed by atoms with Crippen molar-refractivity contribution in [2.24, 2.45) is 5.92 Å². The second-order valence-electron chi connectivity index (χ2n) is 7.28. The van der Waals surface area contributed by atoms with Crippen LogP contribution in [0.3, 0.4) is 0 Å². The van der Waals surface area contributed by atoms with Crippen molar-refractivity contribution in [3.05, 3.63) is 52.2 Å². The third kappa shape index (κ3) is 3.52. The summed E-state index contributed by atoms with van der Waals surface area (Å²) < 4.78 is 38.2. The lowest BCUT2D eigenvalue weighted by Crippen LogP contribution is -2.19. The van der Waals surface area contributed by atoms with Crippen LogP contribution in [0.4, 0.5) is 19.0 Å². The molecule has 3 nitrogen and oxygen atoms in total. The van der Waals surface area contributed by atoms with Crippen molar-refractivity contribution < 1.29 is 13.2 Å². The van der Waals surface area contributed by atoms with Gasteiger partial charge >= 0.3 is 6.18 Å². The highest BCUT2D eigenvalue weighted by Gasteiger charge is 2.30. The number of fused-ring (bicyclic) bond motifs is 3. The van der Waals surface area contributed by atoms with E-state index in [1.807, 2.05) is 11.9 Å². The molecule has 1 atom stereocenters. The summed E-state index contributed by atoms with van der Waals surface area (Å²) in [4.78, 5) is 13.3. The highest BCUT2D eigenvalue weighted by atomic mass is 32.1. The van der Waals surface area contributed by atoms with Crippen LogP contribution >= 0.6 is 11.3 Å². The lowest BCUT2D eigenvalue weighted by molar-refractivity contribution is -0.137. The molecular formula is C20H20F3N3S. The van der Waals surface area contributed by atoms with Gasteiger partial charge in [-0.1, -0.05) is 19.1 Å². The van der Waals surface area contributed by atoms with Crippen molar-refractivity contribution in [2.75, 3.05) is 11.9 Å². The highest BCUT2D eigenvalue weighted by Crippen LogP contribution is 2.40. The van der Waals surface area contributed by atoms with E-state index in [4.69, 9.17) is 0 Å². The number of rotatable bonds is 3. The molecule has 27 heavy (non-hydrogen) atoms. The van der Waals surface area contributed by atoms with Crippen molar-refractivity contribution in [3.63, 3.8) is 0 Å². The Hall–Kier alpha value is -2.15. The molecule has 0 N–H and O–H groups in total. The van der Waals surface area contributed by atoms with E-state index in [1.165, 1.54) is 22.6 Å². The SMILES string of the molecule is C[C@@H]1CCc2c(sc3ncnc(N(C)Cc4ccc(C(F)(F)F)cc4)c23)C1. The third-order valence-corrected chi connectivity index (χ3v) is 6.30. The summed E-state index contributed by atoms with van der Waals surface area (Å²) in [6, 6.07) is 5.32. The van der Waals surface area contributed by atoms with Crippen molar-refractivity contribution in [2.45, 2.75) is 38.9 Å². The number of benzene rings is 1. The molecule has 2 heterocycles. The summed E-state index contributed by atoms with van der Waals surface area (Å²) in [6.07, 6.45) is 0.543. The van der Waals surface area contributed by atoms with Crippen LogP contribution in [-0.2, 0) is 25.6 Å². The van der Waals surface area contributed by atoms with Gasteiger partial charge in [-0.25, -0.2) is 9.97 Å². The van der Waals surface area contributed by atoms with Crippen LogP contribution in [-0.4, -0.2) is 17.0 Å². The van der Waals surface area contributed by atoms with E-state index in [1.54, 1.807) is 17.7 Å². The maximum absolute atomic E-state index is 12.7. The van der Waals surface area contributed by atoms with Gasteiger partial charge in [0, 0.05) is 18.5 Å². The van der Waals surface area contributed by atoms with E-state index < -0.39 is 11.7 Å². The van der Waals surface area contributed by atoms with Crippen LogP contribution < -0.4 is 4.90 Å². The number of hydrogen-bond donors (Lipinski definition) is 0. The van der Waals surface area contributed by atoms with Crippen molar-refractivity contribution in [3.8, 4) is 0 Å². The standard InChI is InChI=1S/C20H20F3N3S/c1-12-3-8-15-16(9-12)27-19-17(15)18(24-11-25-19)26(2)10-13-4-6-14(7-5-13)20(21,22)23/h4-7,11-12H,3,8-10H2,1-2H3/t12-/m1/s1. The van der Waals surface area contributed by atoms with Crippen molar-refractivity contribution in [1.29, 1.82) is 0 Å². The molecule has 0 spiro atoms. The summed E-state index contributed by atoms with van der Waals surface area (Å²) in [5, 5.41) is 1.11. The number of anilines is 1. The fraction of sp³-hybridized carbons (Fsp3) is 0.400. The molecule has 4 rings (SSSR count). The molecule has 0 amide bonds. The Morgan fingerprint density at radius 1 is 1.19 bits per heavy atom. The zero-order valence-electron chi connectivity index (χ0n) is 15.2. The maximum atomic E-state index is 12.7. The van der Waals surface area contributed by atoms with E-state index in [2.05, 4.69) is 16.9 Å². The average molecular weight is 391 g/mol. The minimum absolute atomic E-state index is 0.491. The monoisotopic (exact) mass is 391 g/mol. The molecule has 7 heteroatoms. The Bertz CT molecular complexity index is 963. The first-order valence-corrected chi connectivity index (χ1v) is 9.77. The normalized spacial score (nSPS) is 17.1. The summed E-state index contributed by atoms with van der Waals surface area (Å²) >= 11 is 1.74. The smallest absolute Gasteiger partial charge is 0.355 e. The fourth-order valence-electron chi connectivity index (χ4n) is 3.70. The van der Waals surface area contributed by atoms with Crippen molar-refractivity contribution in [1.82, 2.24) is 9.97 Å². The van der Waals surface area contributed by atoms with Gasteiger partial charge in [-0.3, -0.25) is 0 Å². The van der Waals surface area contributed by atoms with Gasteiger partial charge in [0.05, 0.1) is 10.9 Å². The quantitative estimate of drug-likeness (QED) is 0.593. The van der Waals surface area contributed by atoms with E-state index >= 15 is 0 Å². The number of aromatic nitrogens is 2. The lowest BCUT2D eigenvalue weighted by atomic mass is 9.89. The molecule has 1 aliphatic carbocycles. The summed E-state index contributed by atoms with van der Waals surface area (Å²) in [5.74, 6) is 1.54. The third-order valence-electron chi connectivity index (χ3n) is 5.13. The fourth-order valence-corrected chi connectivity index (χ4v) is 5.04. The molecular weight excluding hydrogens is 371 g/mol. The largest absolute Gasteiger partial charge is 0.416 e. The van der Waals surface area contributed by atoms with Crippen molar-refractivity contribution >= 4 is 27.4 Å². The van der Waals surface area contributed by atoms with Gasteiger partial charge in [0.25, 0.3) is 0 Å². The second-order valence-corrected chi connectivity index (χ2v) is 8.36. The molecule has 0 saturated heterocycles. The number of nitrogens with zero attached hydrogens (tertiary/aromatic N) is 3. The molecule has 1 aromatic carbocycles. The summed E-state index contributed by atoms with van der Waals surface area (Å²) in [7, 11) is 1.93. The number of halogens is 3. The summed E-state index contributed by atoms with van der Waals surface area (Å²) in [6.45, 7) is 2.77. The number of thiophene rings is 1. The van der Waals surface area contributed by atoms with Gasteiger partial charge in [-0.05, 0) is 48.4 Å². The first kappa shape index (κ1) is 18.2. The van der Waals surface area contributed by atoms with Crippen LogP contribution in [0, 0.1) is 5.92 Å². The minimum atomic E-state index is -4.31.